The lowest BCUT2D eigenvalue weighted by atomic mass is 10.2. The van der Waals surface area contributed by atoms with E-state index in [-0.39, 0.29) is 11.4 Å². The highest BCUT2D eigenvalue weighted by Crippen LogP contribution is 2.35. The van der Waals surface area contributed by atoms with Gasteiger partial charge in [-0.15, -0.1) is 0 Å². The van der Waals surface area contributed by atoms with Crippen molar-refractivity contribution in [1.29, 1.82) is 0 Å². The summed E-state index contributed by atoms with van der Waals surface area (Å²) in [6.07, 6.45) is 4.97. The van der Waals surface area contributed by atoms with Gasteiger partial charge in [-0.1, -0.05) is 18.2 Å². The maximum absolute atomic E-state index is 12.8. The molecule has 0 radical (unpaired) electrons. The zero-order valence-corrected chi connectivity index (χ0v) is 21.0. The lowest BCUT2D eigenvalue weighted by molar-refractivity contribution is -0.127. The summed E-state index contributed by atoms with van der Waals surface area (Å²) in [5.41, 5.74) is 2.17. The van der Waals surface area contributed by atoms with Crippen molar-refractivity contribution in [2.45, 2.75) is 6.61 Å². The van der Waals surface area contributed by atoms with Crippen LogP contribution in [0.1, 0.15) is 11.1 Å². The number of ether oxygens (including phenoxy) is 2. The molecule has 1 aliphatic heterocycles. The molecule has 2 aromatic carbocycles. The number of nitrogens with zero attached hydrogens (tertiary/aromatic N) is 2. The monoisotopic (exact) mass is 553 g/mol. The van der Waals surface area contributed by atoms with Gasteiger partial charge in [-0.25, -0.2) is 0 Å². The molecule has 8 nitrogen and oxygen atoms in total. The SMILES string of the molecule is COc1cc(/C=C2/SC(=O)N(CC(=O)Nc3ccccc3Br)C2=O)ccc1OCc1ccncc1. The number of thioether (sulfide) groups is 1. The molecule has 178 valence electrons. The first-order valence-electron chi connectivity index (χ1n) is 10.4. The number of hydrogen-bond donors (Lipinski definition) is 1. The quantitative estimate of drug-likeness (QED) is 0.387. The third-order valence-electron chi connectivity index (χ3n) is 4.95. The Hall–Kier alpha value is -3.63. The number of benzene rings is 2. The van der Waals surface area contributed by atoms with Crippen molar-refractivity contribution in [3.63, 3.8) is 0 Å². The van der Waals surface area contributed by atoms with Crippen LogP contribution in [0.3, 0.4) is 0 Å². The highest BCUT2D eigenvalue weighted by molar-refractivity contribution is 9.10. The van der Waals surface area contributed by atoms with Crippen LogP contribution in [0.4, 0.5) is 10.5 Å². The number of nitrogens with one attached hydrogen (secondary N) is 1. The van der Waals surface area contributed by atoms with Crippen molar-refractivity contribution in [1.82, 2.24) is 9.88 Å². The minimum Gasteiger partial charge on any atom is -0.493 e. The van der Waals surface area contributed by atoms with Gasteiger partial charge in [0.25, 0.3) is 11.1 Å². The van der Waals surface area contributed by atoms with E-state index >= 15 is 0 Å². The summed E-state index contributed by atoms with van der Waals surface area (Å²) in [6.45, 7) is -0.0345. The van der Waals surface area contributed by atoms with E-state index in [0.717, 1.165) is 22.2 Å². The number of carbonyl (C=O) groups is 3. The van der Waals surface area contributed by atoms with Crippen LogP contribution < -0.4 is 14.8 Å². The molecule has 10 heteroatoms. The summed E-state index contributed by atoms with van der Waals surface area (Å²) < 4.78 is 12.0. The summed E-state index contributed by atoms with van der Waals surface area (Å²) in [5.74, 6) is 0.0234. The summed E-state index contributed by atoms with van der Waals surface area (Å²) in [4.78, 5) is 42.8. The van der Waals surface area contributed by atoms with Crippen LogP contribution in [-0.4, -0.2) is 40.6 Å². The van der Waals surface area contributed by atoms with Crippen LogP contribution in [0.5, 0.6) is 11.5 Å². The number of pyridine rings is 1. The Balaban J connectivity index is 1.43. The first kappa shape index (κ1) is 24.5. The Morgan fingerprint density at radius 1 is 1.11 bits per heavy atom. The number of methoxy groups -OCH3 is 1. The molecule has 0 aliphatic carbocycles. The van der Waals surface area contributed by atoms with E-state index in [0.29, 0.717) is 33.8 Å². The first-order chi connectivity index (χ1) is 16.9. The molecule has 1 N–H and O–H groups in total. The zero-order chi connectivity index (χ0) is 24.8. The fourth-order valence-electron chi connectivity index (χ4n) is 3.22. The van der Waals surface area contributed by atoms with Gasteiger partial charge in [0.15, 0.2) is 11.5 Å². The summed E-state index contributed by atoms with van der Waals surface area (Å²) in [5, 5.41) is 2.19. The van der Waals surface area contributed by atoms with E-state index in [9.17, 15) is 14.4 Å². The number of halogens is 1. The van der Waals surface area contributed by atoms with E-state index in [4.69, 9.17) is 9.47 Å². The van der Waals surface area contributed by atoms with Gasteiger partial charge in [-0.05, 0) is 81.3 Å². The van der Waals surface area contributed by atoms with E-state index < -0.39 is 17.1 Å². The highest BCUT2D eigenvalue weighted by atomic mass is 79.9. The van der Waals surface area contributed by atoms with Crippen molar-refractivity contribution < 1.29 is 23.9 Å². The maximum atomic E-state index is 12.8. The van der Waals surface area contributed by atoms with Gasteiger partial charge in [0.05, 0.1) is 17.7 Å². The summed E-state index contributed by atoms with van der Waals surface area (Å²) in [7, 11) is 1.52. The highest BCUT2D eigenvalue weighted by Gasteiger charge is 2.36. The average Bonchev–Trinajstić information content (AvgIpc) is 3.12. The standard InChI is InChI=1S/C25H20BrN3O5S/c1-33-21-12-17(6-7-20(21)34-15-16-8-10-27-11-9-16)13-22-24(31)29(25(32)35-22)14-23(30)28-19-5-3-2-4-18(19)26/h2-13H,14-15H2,1H3,(H,28,30)/b22-13+. The molecule has 0 spiro atoms. The number of aromatic nitrogens is 1. The number of hydrogen-bond acceptors (Lipinski definition) is 7. The van der Waals surface area contributed by atoms with Crippen LogP contribution in [0.25, 0.3) is 6.08 Å². The van der Waals surface area contributed by atoms with Gasteiger partial charge < -0.3 is 14.8 Å². The smallest absolute Gasteiger partial charge is 0.294 e. The molecule has 1 aliphatic rings. The molecule has 35 heavy (non-hydrogen) atoms. The zero-order valence-electron chi connectivity index (χ0n) is 18.6. The molecule has 3 aromatic rings. The molecule has 3 amide bonds. The average molecular weight is 554 g/mol. The Kier molecular flexibility index (Phi) is 7.84. The predicted molar refractivity (Wildman–Crippen MR) is 137 cm³/mol. The van der Waals surface area contributed by atoms with Gasteiger partial charge in [0, 0.05) is 16.9 Å². The van der Waals surface area contributed by atoms with Crippen LogP contribution in [0, 0.1) is 0 Å². The van der Waals surface area contributed by atoms with E-state index in [2.05, 4.69) is 26.2 Å². The molecule has 0 saturated carbocycles. The topological polar surface area (TPSA) is 97.8 Å². The minimum atomic E-state index is -0.528. The molecule has 0 unspecified atom stereocenters. The molecule has 4 rings (SSSR count). The van der Waals surface area contributed by atoms with E-state index in [1.165, 1.54) is 7.11 Å². The maximum Gasteiger partial charge on any atom is 0.294 e. The van der Waals surface area contributed by atoms with Gasteiger partial charge in [0.1, 0.15) is 13.2 Å². The molecule has 1 fully saturated rings. The second-order valence-electron chi connectivity index (χ2n) is 7.35. The van der Waals surface area contributed by atoms with Crippen molar-refractivity contribution in [2.24, 2.45) is 0 Å². The third kappa shape index (κ3) is 6.09. The van der Waals surface area contributed by atoms with E-state index in [1.54, 1.807) is 54.9 Å². The Morgan fingerprint density at radius 3 is 2.63 bits per heavy atom. The molecular formula is C25H20BrN3O5S. The number of anilines is 1. The number of imide groups is 1. The summed E-state index contributed by atoms with van der Waals surface area (Å²) in [6, 6.07) is 16.0. The Morgan fingerprint density at radius 2 is 1.89 bits per heavy atom. The van der Waals surface area contributed by atoms with Gasteiger partial charge >= 0.3 is 0 Å². The lowest BCUT2D eigenvalue weighted by Crippen LogP contribution is -2.36. The second kappa shape index (κ2) is 11.2. The molecule has 2 heterocycles. The fraction of sp³-hybridized carbons (Fsp3) is 0.120. The predicted octanol–water partition coefficient (Wildman–Crippen LogP) is 5.11. The Bertz CT molecular complexity index is 1300. The largest absolute Gasteiger partial charge is 0.493 e. The van der Waals surface area contributed by atoms with Crippen LogP contribution in [-0.2, 0) is 16.2 Å². The lowest BCUT2D eigenvalue weighted by Gasteiger charge is -2.13. The number of carbonyl (C=O) groups excluding carboxylic acids is 3. The molecular weight excluding hydrogens is 534 g/mol. The van der Waals surface area contributed by atoms with E-state index in [1.807, 2.05) is 18.2 Å². The normalized spacial score (nSPS) is 14.3. The van der Waals surface area contributed by atoms with Gasteiger partial charge in [-0.3, -0.25) is 24.3 Å². The number of rotatable bonds is 8. The van der Waals surface area contributed by atoms with Crippen molar-refractivity contribution in [2.75, 3.05) is 19.0 Å². The first-order valence-corrected chi connectivity index (χ1v) is 12.0. The minimum absolute atomic E-state index is 0.219. The van der Waals surface area contributed by atoms with Crippen molar-refractivity contribution >= 4 is 56.5 Å². The fourth-order valence-corrected chi connectivity index (χ4v) is 4.44. The molecule has 0 bridgehead atoms. The van der Waals surface area contributed by atoms with Crippen molar-refractivity contribution in [3.05, 3.63) is 87.5 Å². The van der Waals surface area contributed by atoms with Gasteiger partial charge in [0.2, 0.25) is 5.91 Å². The third-order valence-corrected chi connectivity index (χ3v) is 6.55. The van der Waals surface area contributed by atoms with Crippen LogP contribution in [0.2, 0.25) is 0 Å². The van der Waals surface area contributed by atoms with Crippen LogP contribution in [0.15, 0.2) is 76.4 Å². The Labute approximate surface area is 214 Å². The van der Waals surface area contributed by atoms with Gasteiger partial charge in [-0.2, -0.15) is 0 Å². The second-order valence-corrected chi connectivity index (χ2v) is 9.20. The number of para-hydroxylation sites is 1. The molecule has 1 saturated heterocycles. The van der Waals surface area contributed by atoms with Crippen molar-refractivity contribution in [3.8, 4) is 11.5 Å². The number of amides is 3. The summed E-state index contributed by atoms with van der Waals surface area (Å²) >= 11 is 4.13. The molecule has 1 aromatic heterocycles. The molecule has 0 atom stereocenters. The van der Waals surface area contributed by atoms with Crippen LogP contribution >= 0.6 is 27.7 Å².